The summed E-state index contributed by atoms with van der Waals surface area (Å²) in [6, 6.07) is 0. The molecular formula is C33H56O10. The number of aliphatic hydroxyl groups is 8. The lowest BCUT2D eigenvalue weighted by Gasteiger charge is -2.61. The Hall–Kier alpha value is -0.660. The fourth-order valence-electron chi connectivity index (χ4n) is 10.2. The largest absolute Gasteiger partial charge is 0.394 e. The van der Waals surface area contributed by atoms with Crippen LogP contribution in [0, 0.1) is 46.3 Å². The average Bonchev–Trinajstić information content (AvgIpc) is 3.22. The van der Waals surface area contributed by atoms with E-state index in [9.17, 15) is 40.9 Å². The minimum absolute atomic E-state index is 0.00961. The standard InChI is InChI=1S/C33H56O10/c1-15(2)6-7-21(36)16(3)27-23(38)13-20-26-19(8-9-32(20,27)4)33(5)17(11-22(26)37)10-18(35)12-25(33)43-31-30(41)29(40)28(39)24(14-34)42-31/h11,15-16,18-31,34-41H,6-10,12-14H2,1-5H3/t16-,18-,19+,20+,21+,22+,23+,24-,25-,26-,27+,28-,29+,30-,31+,32+,33+/m1/s1. The van der Waals surface area contributed by atoms with Gasteiger partial charge >= 0.3 is 0 Å². The van der Waals surface area contributed by atoms with E-state index in [2.05, 4.69) is 34.6 Å². The van der Waals surface area contributed by atoms with Gasteiger partial charge in [0.05, 0.1) is 37.1 Å². The van der Waals surface area contributed by atoms with Crippen LogP contribution in [0.2, 0.25) is 0 Å². The zero-order valence-electron chi connectivity index (χ0n) is 26.4. The minimum Gasteiger partial charge on any atom is -0.394 e. The zero-order valence-corrected chi connectivity index (χ0v) is 26.4. The zero-order chi connectivity index (χ0) is 31.6. The van der Waals surface area contributed by atoms with Crippen LogP contribution in [0.4, 0.5) is 0 Å². The van der Waals surface area contributed by atoms with E-state index in [1.54, 1.807) is 0 Å². The predicted molar refractivity (Wildman–Crippen MR) is 157 cm³/mol. The van der Waals surface area contributed by atoms with Crippen LogP contribution < -0.4 is 0 Å². The van der Waals surface area contributed by atoms with E-state index in [0.29, 0.717) is 25.2 Å². The molecule has 0 amide bonds. The molecule has 1 aliphatic heterocycles. The summed E-state index contributed by atoms with van der Waals surface area (Å²) in [4.78, 5) is 0. The number of rotatable bonds is 8. The molecule has 10 nitrogen and oxygen atoms in total. The van der Waals surface area contributed by atoms with Crippen molar-refractivity contribution < 1.29 is 50.3 Å². The van der Waals surface area contributed by atoms with Gasteiger partial charge in [0.25, 0.3) is 0 Å². The minimum atomic E-state index is -1.57. The van der Waals surface area contributed by atoms with Gasteiger partial charge in [0.1, 0.15) is 24.4 Å². The molecule has 10 heteroatoms. The molecular weight excluding hydrogens is 556 g/mol. The Kier molecular flexibility index (Phi) is 9.80. The third kappa shape index (κ3) is 5.66. The third-order valence-electron chi connectivity index (χ3n) is 12.6. The summed E-state index contributed by atoms with van der Waals surface area (Å²) in [5, 5.41) is 86.3. The van der Waals surface area contributed by atoms with Crippen molar-refractivity contribution in [3.63, 3.8) is 0 Å². The fraction of sp³-hybridized carbons (Fsp3) is 0.939. The quantitative estimate of drug-likeness (QED) is 0.185. The SMILES string of the molecule is CC(C)CC[C@H](O)[C@@H](C)[C@H]1[C@@H](O)C[C@H]2[C@@H]3[C@@H](O)C=C4C[C@@H](O)C[C@@H](O[C@@H]5O[C@H](CO)[C@@H](O)[C@H](O)[C@H]5O)[C@]4(C)[C@H]3CC[C@]12C. The first-order chi connectivity index (χ1) is 20.1. The summed E-state index contributed by atoms with van der Waals surface area (Å²) in [5.41, 5.74) is -0.0105. The highest BCUT2D eigenvalue weighted by molar-refractivity contribution is 5.30. The highest BCUT2D eigenvalue weighted by atomic mass is 16.7. The highest BCUT2D eigenvalue weighted by Crippen LogP contribution is 2.67. The van der Waals surface area contributed by atoms with Crippen molar-refractivity contribution in [1.29, 1.82) is 0 Å². The molecule has 4 fully saturated rings. The molecule has 1 saturated heterocycles. The second-order valence-electron chi connectivity index (χ2n) is 15.4. The van der Waals surface area contributed by atoms with Crippen LogP contribution in [0.3, 0.4) is 0 Å². The van der Waals surface area contributed by atoms with Crippen molar-refractivity contribution in [2.24, 2.45) is 46.3 Å². The lowest BCUT2D eigenvalue weighted by atomic mass is 9.45. The van der Waals surface area contributed by atoms with E-state index >= 15 is 0 Å². The molecule has 0 unspecified atom stereocenters. The second-order valence-corrected chi connectivity index (χ2v) is 15.4. The summed E-state index contributed by atoms with van der Waals surface area (Å²) in [6.45, 7) is 10.1. The fourth-order valence-corrected chi connectivity index (χ4v) is 10.2. The monoisotopic (exact) mass is 612 g/mol. The maximum absolute atomic E-state index is 11.7. The van der Waals surface area contributed by atoms with Gasteiger partial charge in [-0.15, -0.1) is 0 Å². The Balaban J connectivity index is 1.43. The van der Waals surface area contributed by atoms with Crippen LogP contribution in [0.1, 0.15) is 79.6 Å². The van der Waals surface area contributed by atoms with Crippen LogP contribution >= 0.6 is 0 Å². The number of fused-ring (bicyclic) bond motifs is 5. The van der Waals surface area contributed by atoms with E-state index in [1.165, 1.54) is 0 Å². The number of hydrogen-bond donors (Lipinski definition) is 8. The Morgan fingerprint density at radius 1 is 0.953 bits per heavy atom. The van der Waals surface area contributed by atoms with E-state index in [4.69, 9.17) is 9.47 Å². The van der Waals surface area contributed by atoms with Crippen LogP contribution in [-0.2, 0) is 9.47 Å². The van der Waals surface area contributed by atoms with Crippen LogP contribution in [0.5, 0.6) is 0 Å². The van der Waals surface area contributed by atoms with Gasteiger partial charge in [0.15, 0.2) is 6.29 Å². The lowest BCUT2D eigenvalue weighted by Crippen LogP contribution is -2.63. The van der Waals surface area contributed by atoms with Crippen LogP contribution in [0.25, 0.3) is 0 Å². The molecule has 1 heterocycles. The molecule has 4 aliphatic carbocycles. The predicted octanol–water partition coefficient (Wildman–Crippen LogP) is 1.10. The molecule has 43 heavy (non-hydrogen) atoms. The number of hydrogen-bond acceptors (Lipinski definition) is 10. The Morgan fingerprint density at radius 3 is 2.30 bits per heavy atom. The first kappa shape index (κ1) is 33.7. The van der Waals surface area contributed by atoms with E-state index in [1.807, 2.05) is 6.08 Å². The molecule has 5 aliphatic rings. The highest BCUT2D eigenvalue weighted by Gasteiger charge is 2.65. The maximum Gasteiger partial charge on any atom is 0.187 e. The summed E-state index contributed by atoms with van der Waals surface area (Å²) >= 11 is 0. The van der Waals surface area contributed by atoms with E-state index < -0.39 is 73.2 Å². The molecule has 0 aromatic rings. The van der Waals surface area contributed by atoms with Crippen LogP contribution in [0.15, 0.2) is 11.6 Å². The summed E-state index contributed by atoms with van der Waals surface area (Å²) in [6.07, 6.45) is -4.05. The van der Waals surface area contributed by atoms with Gasteiger partial charge in [-0.2, -0.15) is 0 Å². The van der Waals surface area contributed by atoms with Gasteiger partial charge in [0.2, 0.25) is 0 Å². The van der Waals surface area contributed by atoms with E-state index in [0.717, 1.165) is 24.8 Å². The molecule has 3 saturated carbocycles. The molecule has 17 atom stereocenters. The van der Waals surface area contributed by atoms with Gasteiger partial charge in [-0.25, -0.2) is 0 Å². The van der Waals surface area contributed by atoms with Crippen molar-refractivity contribution in [1.82, 2.24) is 0 Å². The van der Waals surface area contributed by atoms with Crippen molar-refractivity contribution in [2.45, 2.75) is 141 Å². The molecule has 0 radical (unpaired) electrons. The first-order valence-corrected chi connectivity index (χ1v) is 16.5. The molecule has 8 N–H and O–H groups in total. The maximum atomic E-state index is 11.7. The summed E-state index contributed by atoms with van der Waals surface area (Å²) in [5.74, 6) is 0.0873. The molecule has 0 aromatic carbocycles. The molecule has 5 rings (SSSR count). The lowest BCUT2D eigenvalue weighted by molar-refractivity contribution is -0.325. The van der Waals surface area contributed by atoms with Gasteiger partial charge in [-0.05, 0) is 79.4 Å². The second kappa shape index (κ2) is 12.5. The number of ether oxygens (including phenoxy) is 2. The van der Waals surface area contributed by atoms with Crippen molar-refractivity contribution >= 4 is 0 Å². The summed E-state index contributed by atoms with van der Waals surface area (Å²) < 4.78 is 12.1. The summed E-state index contributed by atoms with van der Waals surface area (Å²) in [7, 11) is 0. The molecule has 0 aromatic heterocycles. The normalized spacial score (nSPS) is 51.3. The van der Waals surface area contributed by atoms with Gasteiger partial charge in [0, 0.05) is 11.8 Å². The van der Waals surface area contributed by atoms with E-state index in [-0.39, 0.29) is 41.4 Å². The molecule has 0 spiro atoms. The van der Waals surface area contributed by atoms with Crippen molar-refractivity contribution in [3.8, 4) is 0 Å². The Labute approximate surface area is 255 Å². The van der Waals surface area contributed by atoms with Crippen molar-refractivity contribution in [2.75, 3.05) is 6.61 Å². The smallest absolute Gasteiger partial charge is 0.187 e. The van der Waals surface area contributed by atoms with Crippen molar-refractivity contribution in [3.05, 3.63) is 11.6 Å². The first-order valence-electron chi connectivity index (χ1n) is 16.5. The van der Waals surface area contributed by atoms with Gasteiger partial charge < -0.3 is 50.3 Å². The molecule has 0 bridgehead atoms. The average molecular weight is 613 g/mol. The third-order valence-corrected chi connectivity index (χ3v) is 12.6. The number of aliphatic hydroxyl groups excluding tert-OH is 8. The van der Waals surface area contributed by atoms with Crippen LogP contribution in [-0.4, -0.2) is 109 Å². The Morgan fingerprint density at radius 2 is 1.65 bits per heavy atom. The Bertz CT molecular complexity index is 1000. The van der Waals surface area contributed by atoms with Gasteiger partial charge in [-0.1, -0.05) is 46.3 Å². The van der Waals surface area contributed by atoms with Gasteiger partial charge in [-0.3, -0.25) is 0 Å². The topological polar surface area (TPSA) is 180 Å². The molecule has 248 valence electrons.